The number of carboxylic acids is 1. The number of aromatic nitrogens is 1. The van der Waals surface area contributed by atoms with Crippen molar-refractivity contribution in [3.8, 4) is 0 Å². The normalized spacial score (nSPS) is 20.1. The minimum absolute atomic E-state index is 0.0148. The molecule has 1 N–H and O–H groups in total. The van der Waals surface area contributed by atoms with E-state index >= 15 is 0 Å². The highest BCUT2D eigenvalue weighted by Crippen LogP contribution is 2.27. The standard InChI is InChI=1S/C15H16N2O4S/c18-15(19)12-6-3-9-17(10-12)22(20,21)13-7-1-4-11-5-2-8-16-14(11)13/h1-2,4-5,7-8,12H,3,6,9-10H2,(H,18,19)/t12-/m0/s1. The molecule has 0 amide bonds. The van der Waals surface area contributed by atoms with Gasteiger partial charge in [-0.1, -0.05) is 18.2 Å². The first kappa shape index (κ1) is 14.9. The van der Waals surface area contributed by atoms with Crippen LogP contribution in [0, 0.1) is 5.92 Å². The lowest BCUT2D eigenvalue weighted by Gasteiger charge is -2.30. The molecule has 3 rings (SSSR count). The van der Waals surface area contributed by atoms with Gasteiger partial charge in [0.05, 0.1) is 11.4 Å². The third-order valence-electron chi connectivity index (χ3n) is 3.95. The maximum Gasteiger partial charge on any atom is 0.307 e. The Labute approximate surface area is 128 Å². The molecule has 1 aromatic carbocycles. The van der Waals surface area contributed by atoms with Crippen molar-refractivity contribution in [3.05, 3.63) is 36.5 Å². The summed E-state index contributed by atoms with van der Waals surface area (Å²) >= 11 is 0. The molecule has 1 aromatic heterocycles. The second kappa shape index (κ2) is 5.66. The number of sulfonamides is 1. The van der Waals surface area contributed by atoms with Gasteiger partial charge in [0.25, 0.3) is 0 Å². The minimum atomic E-state index is -3.75. The topological polar surface area (TPSA) is 87.6 Å². The van der Waals surface area contributed by atoms with Crippen LogP contribution < -0.4 is 0 Å². The summed E-state index contributed by atoms with van der Waals surface area (Å²) in [6.07, 6.45) is 2.61. The summed E-state index contributed by atoms with van der Waals surface area (Å²) in [7, 11) is -3.75. The highest BCUT2D eigenvalue weighted by atomic mass is 32.2. The number of nitrogens with zero attached hydrogens (tertiary/aromatic N) is 2. The smallest absolute Gasteiger partial charge is 0.307 e. The molecule has 116 valence electrons. The van der Waals surface area contributed by atoms with Crippen LogP contribution in [-0.4, -0.2) is 41.9 Å². The molecule has 1 saturated heterocycles. The Bertz CT molecular complexity index is 814. The van der Waals surface area contributed by atoms with Gasteiger partial charge in [-0.3, -0.25) is 9.78 Å². The zero-order chi connectivity index (χ0) is 15.7. The monoisotopic (exact) mass is 320 g/mol. The van der Waals surface area contributed by atoms with Crippen molar-refractivity contribution in [3.63, 3.8) is 0 Å². The van der Waals surface area contributed by atoms with Crippen LogP contribution in [0.3, 0.4) is 0 Å². The van der Waals surface area contributed by atoms with E-state index in [4.69, 9.17) is 5.11 Å². The second-order valence-corrected chi connectivity index (χ2v) is 7.28. The van der Waals surface area contributed by atoms with E-state index in [-0.39, 0.29) is 11.4 Å². The molecule has 7 heteroatoms. The lowest BCUT2D eigenvalue weighted by atomic mass is 10.0. The van der Waals surface area contributed by atoms with E-state index in [9.17, 15) is 13.2 Å². The third kappa shape index (κ3) is 2.57. The van der Waals surface area contributed by atoms with E-state index in [2.05, 4.69) is 4.98 Å². The van der Waals surface area contributed by atoms with Gasteiger partial charge in [0.2, 0.25) is 10.0 Å². The van der Waals surface area contributed by atoms with Crippen molar-refractivity contribution < 1.29 is 18.3 Å². The second-order valence-electron chi connectivity index (χ2n) is 5.37. The number of benzene rings is 1. The zero-order valence-electron chi connectivity index (χ0n) is 11.8. The van der Waals surface area contributed by atoms with Gasteiger partial charge in [-0.15, -0.1) is 0 Å². The van der Waals surface area contributed by atoms with Crippen LogP contribution in [0.1, 0.15) is 12.8 Å². The van der Waals surface area contributed by atoms with Gasteiger partial charge in [-0.2, -0.15) is 4.31 Å². The summed E-state index contributed by atoms with van der Waals surface area (Å²) in [4.78, 5) is 15.5. The maximum atomic E-state index is 12.9. The highest BCUT2D eigenvalue weighted by molar-refractivity contribution is 7.89. The SMILES string of the molecule is O=C(O)[C@H]1CCCN(S(=O)(=O)c2cccc3cccnc23)C1. The molecule has 2 heterocycles. The van der Waals surface area contributed by atoms with Gasteiger partial charge in [0.15, 0.2) is 0 Å². The quantitative estimate of drug-likeness (QED) is 0.930. The molecule has 6 nitrogen and oxygen atoms in total. The summed E-state index contributed by atoms with van der Waals surface area (Å²) in [5.74, 6) is -1.59. The molecular weight excluding hydrogens is 304 g/mol. The molecular formula is C15H16N2O4S. The fraction of sp³-hybridized carbons (Fsp3) is 0.333. The van der Waals surface area contributed by atoms with E-state index in [1.807, 2.05) is 0 Å². The number of fused-ring (bicyclic) bond motifs is 1. The predicted octanol–water partition coefficient (Wildman–Crippen LogP) is 1.72. The number of carboxylic acid groups (broad SMARTS) is 1. The Balaban J connectivity index is 2.03. The van der Waals surface area contributed by atoms with E-state index in [1.165, 1.54) is 10.4 Å². The van der Waals surface area contributed by atoms with Crippen molar-refractivity contribution in [2.24, 2.45) is 5.92 Å². The number of carbonyl (C=O) groups is 1. The average molecular weight is 320 g/mol. The Morgan fingerprint density at radius 3 is 2.82 bits per heavy atom. The third-order valence-corrected chi connectivity index (χ3v) is 5.84. The Kier molecular flexibility index (Phi) is 3.84. The number of aliphatic carboxylic acids is 1. The Hall–Kier alpha value is -1.99. The molecule has 0 spiro atoms. The fourth-order valence-corrected chi connectivity index (χ4v) is 4.48. The maximum absolute atomic E-state index is 12.9. The van der Waals surface area contributed by atoms with Gasteiger partial charge in [0, 0.05) is 24.7 Å². The molecule has 0 aliphatic carbocycles. The largest absolute Gasteiger partial charge is 0.481 e. The molecule has 1 aliphatic heterocycles. The number of hydrogen-bond donors (Lipinski definition) is 1. The lowest BCUT2D eigenvalue weighted by Crippen LogP contribution is -2.42. The van der Waals surface area contributed by atoms with E-state index < -0.39 is 21.9 Å². The summed E-state index contributed by atoms with van der Waals surface area (Å²) in [5.41, 5.74) is 0.419. The summed E-state index contributed by atoms with van der Waals surface area (Å²) < 4.78 is 27.0. The number of para-hydroxylation sites is 1. The molecule has 0 saturated carbocycles. The van der Waals surface area contributed by atoms with E-state index in [1.54, 1.807) is 30.5 Å². The van der Waals surface area contributed by atoms with Crippen molar-refractivity contribution >= 4 is 26.9 Å². The highest BCUT2D eigenvalue weighted by Gasteiger charge is 2.34. The van der Waals surface area contributed by atoms with Gasteiger partial charge in [-0.25, -0.2) is 8.42 Å². The average Bonchev–Trinajstić information content (AvgIpc) is 2.54. The van der Waals surface area contributed by atoms with E-state index in [0.29, 0.717) is 24.9 Å². The first-order valence-electron chi connectivity index (χ1n) is 7.07. The number of rotatable bonds is 3. The number of hydrogen-bond acceptors (Lipinski definition) is 4. The molecule has 1 aliphatic rings. The van der Waals surface area contributed by atoms with Gasteiger partial charge >= 0.3 is 5.97 Å². The minimum Gasteiger partial charge on any atom is -0.481 e. The fourth-order valence-electron chi connectivity index (χ4n) is 2.79. The van der Waals surface area contributed by atoms with Crippen LogP contribution in [0.4, 0.5) is 0 Å². The van der Waals surface area contributed by atoms with Crippen molar-refractivity contribution in [1.29, 1.82) is 0 Å². The van der Waals surface area contributed by atoms with Crippen LogP contribution >= 0.6 is 0 Å². The van der Waals surface area contributed by atoms with E-state index in [0.717, 1.165) is 5.39 Å². The van der Waals surface area contributed by atoms with Gasteiger partial charge < -0.3 is 5.11 Å². The molecule has 0 radical (unpaired) electrons. The summed E-state index contributed by atoms with van der Waals surface area (Å²) in [6, 6.07) is 8.56. The van der Waals surface area contributed by atoms with Crippen molar-refractivity contribution in [1.82, 2.24) is 9.29 Å². The lowest BCUT2D eigenvalue weighted by molar-refractivity contribution is -0.142. The predicted molar refractivity (Wildman–Crippen MR) is 80.9 cm³/mol. The Morgan fingerprint density at radius 1 is 1.27 bits per heavy atom. The molecule has 22 heavy (non-hydrogen) atoms. The molecule has 0 bridgehead atoms. The van der Waals surface area contributed by atoms with Crippen LogP contribution in [0.15, 0.2) is 41.4 Å². The number of pyridine rings is 1. The molecule has 1 fully saturated rings. The first-order chi connectivity index (χ1) is 10.5. The zero-order valence-corrected chi connectivity index (χ0v) is 12.7. The van der Waals surface area contributed by atoms with Crippen LogP contribution in [0.25, 0.3) is 10.9 Å². The number of piperidine rings is 1. The first-order valence-corrected chi connectivity index (χ1v) is 8.51. The molecule has 1 atom stereocenters. The summed E-state index contributed by atoms with van der Waals surface area (Å²) in [6.45, 7) is 0.357. The Morgan fingerprint density at radius 2 is 2.05 bits per heavy atom. The molecule has 2 aromatic rings. The van der Waals surface area contributed by atoms with Crippen LogP contribution in [0.2, 0.25) is 0 Å². The van der Waals surface area contributed by atoms with Crippen LogP contribution in [-0.2, 0) is 14.8 Å². The van der Waals surface area contributed by atoms with Gasteiger partial charge in [-0.05, 0) is 25.0 Å². The van der Waals surface area contributed by atoms with Crippen molar-refractivity contribution in [2.45, 2.75) is 17.7 Å². The van der Waals surface area contributed by atoms with Crippen LogP contribution in [0.5, 0.6) is 0 Å². The summed E-state index contributed by atoms with van der Waals surface area (Å²) in [5, 5.41) is 9.88. The van der Waals surface area contributed by atoms with Gasteiger partial charge in [0.1, 0.15) is 4.90 Å². The molecule has 0 unspecified atom stereocenters. The van der Waals surface area contributed by atoms with Crippen molar-refractivity contribution in [2.75, 3.05) is 13.1 Å².